The SMILES string of the molecule is CCCNc1cccc(CN(Cc2ccsc2)C2CC2)n1. The van der Waals surface area contributed by atoms with Gasteiger partial charge in [-0.05, 0) is 53.8 Å². The summed E-state index contributed by atoms with van der Waals surface area (Å²) in [5, 5.41) is 7.78. The minimum Gasteiger partial charge on any atom is -0.370 e. The number of aromatic nitrogens is 1. The van der Waals surface area contributed by atoms with Crippen LogP contribution in [0.25, 0.3) is 0 Å². The molecule has 0 bridgehead atoms. The molecule has 2 aromatic heterocycles. The summed E-state index contributed by atoms with van der Waals surface area (Å²) in [5.74, 6) is 1.00. The van der Waals surface area contributed by atoms with E-state index < -0.39 is 0 Å². The summed E-state index contributed by atoms with van der Waals surface area (Å²) < 4.78 is 0. The molecule has 1 aliphatic carbocycles. The third-order valence-corrected chi connectivity index (χ3v) is 4.49. The van der Waals surface area contributed by atoms with Crippen LogP contribution >= 0.6 is 11.3 Å². The molecular formula is C17H23N3S. The van der Waals surface area contributed by atoms with Crippen molar-refractivity contribution in [2.45, 2.75) is 45.3 Å². The summed E-state index contributed by atoms with van der Waals surface area (Å²) in [6, 6.07) is 9.28. The molecule has 0 spiro atoms. The molecule has 4 heteroatoms. The molecule has 2 heterocycles. The molecule has 0 aliphatic heterocycles. The van der Waals surface area contributed by atoms with Crippen LogP contribution in [-0.4, -0.2) is 22.5 Å². The number of hydrogen-bond donors (Lipinski definition) is 1. The first-order chi connectivity index (χ1) is 10.3. The van der Waals surface area contributed by atoms with Crippen LogP contribution in [0.3, 0.4) is 0 Å². The Balaban J connectivity index is 1.65. The Morgan fingerprint density at radius 2 is 2.19 bits per heavy atom. The van der Waals surface area contributed by atoms with Gasteiger partial charge in [-0.3, -0.25) is 4.90 Å². The number of pyridine rings is 1. The number of nitrogens with zero attached hydrogens (tertiary/aromatic N) is 2. The van der Waals surface area contributed by atoms with Gasteiger partial charge in [-0.15, -0.1) is 0 Å². The van der Waals surface area contributed by atoms with Gasteiger partial charge >= 0.3 is 0 Å². The molecule has 1 aliphatic rings. The molecule has 1 N–H and O–H groups in total. The van der Waals surface area contributed by atoms with E-state index in [-0.39, 0.29) is 0 Å². The Morgan fingerprint density at radius 3 is 2.90 bits per heavy atom. The second-order valence-electron chi connectivity index (χ2n) is 5.71. The quantitative estimate of drug-likeness (QED) is 0.794. The van der Waals surface area contributed by atoms with Gasteiger partial charge in [0.05, 0.1) is 5.69 Å². The van der Waals surface area contributed by atoms with Gasteiger partial charge < -0.3 is 5.32 Å². The van der Waals surface area contributed by atoms with Gasteiger partial charge in [0.15, 0.2) is 0 Å². The van der Waals surface area contributed by atoms with E-state index in [4.69, 9.17) is 4.98 Å². The third kappa shape index (κ3) is 4.29. The van der Waals surface area contributed by atoms with Gasteiger partial charge in [0.2, 0.25) is 0 Å². The first-order valence-electron chi connectivity index (χ1n) is 7.80. The minimum atomic E-state index is 0.749. The maximum absolute atomic E-state index is 4.74. The molecule has 112 valence electrons. The third-order valence-electron chi connectivity index (χ3n) is 3.76. The number of thiophene rings is 1. The maximum Gasteiger partial charge on any atom is 0.126 e. The van der Waals surface area contributed by atoms with E-state index in [2.05, 4.69) is 52.2 Å². The molecule has 3 rings (SSSR count). The van der Waals surface area contributed by atoms with Gasteiger partial charge in [-0.2, -0.15) is 11.3 Å². The van der Waals surface area contributed by atoms with E-state index in [1.807, 2.05) is 0 Å². The molecule has 1 fully saturated rings. The lowest BCUT2D eigenvalue weighted by Crippen LogP contribution is -2.25. The maximum atomic E-state index is 4.74. The highest BCUT2D eigenvalue weighted by Crippen LogP contribution is 2.30. The Bertz CT molecular complexity index is 549. The Kier molecular flexibility index (Phi) is 4.88. The molecular weight excluding hydrogens is 278 g/mol. The zero-order valence-corrected chi connectivity index (χ0v) is 13.4. The topological polar surface area (TPSA) is 28.2 Å². The standard InChI is InChI=1S/C17H23N3S/c1-2-9-18-17-5-3-4-15(19-17)12-20(16-6-7-16)11-14-8-10-21-13-14/h3-5,8,10,13,16H,2,6-7,9,11-12H2,1H3,(H,18,19). The molecule has 0 atom stereocenters. The average Bonchev–Trinajstić information content (AvgIpc) is 3.23. The van der Waals surface area contributed by atoms with E-state index in [1.165, 1.54) is 24.1 Å². The number of rotatable bonds is 8. The van der Waals surface area contributed by atoms with Crippen molar-refractivity contribution in [3.63, 3.8) is 0 Å². The highest BCUT2D eigenvalue weighted by molar-refractivity contribution is 7.07. The van der Waals surface area contributed by atoms with Crippen molar-refractivity contribution >= 4 is 17.2 Å². The fraction of sp³-hybridized carbons (Fsp3) is 0.471. The van der Waals surface area contributed by atoms with Gasteiger partial charge in [0.1, 0.15) is 5.82 Å². The first-order valence-corrected chi connectivity index (χ1v) is 8.74. The highest BCUT2D eigenvalue weighted by atomic mass is 32.1. The van der Waals surface area contributed by atoms with Crippen LogP contribution in [0.4, 0.5) is 5.82 Å². The largest absolute Gasteiger partial charge is 0.370 e. The van der Waals surface area contributed by atoms with Crippen molar-refractivity contribution in [3.8, 4) is 0 Å². The molecule has 0 amide bonds. The lowest BCUT2D eigenvalue weighted by molar-refractivity contribution is 0.243. The lowest BCUT2D eigenvalue weighted by atomic mass is 10.2. The molecule has 3 nitrogen and oxygen atoms in total. The second-order valence-corrected chi connectivity index (χ2v) is 6.49. The average molecular weight is 301 g/mol. The predicted molar refractivity (Wildman–Crippen MR) is 89.6 cm³/mol. The summed E-state index contributed by atoms with van der Waals surface area (Å²) in [6.07, 6.45) is 3.79. The van der Waals surface area contributed by atoms with Crippen LogP contribution in [0.2, 0.25) is 0 Å². The lowest BCUT2D eigenvalue weighted by Gasteiger charge is -2.21. The zero-order chi connectivity index (χ0) is 14.5. The monoisotopic (exact) mass is 301 g/mol. The van der Waals surface area contributed by atoms with Crippen LogP contribution in [0, 0.1) is 0 Å². The Hall–Kier alpha value is -1.39. The van der Waals surface area contributed by atoms with Crippen molar-refractivity contribution in [1.29, 1.82) is 0 Å². The van der Waals surface area contributed by atoms with E-state index >= 15 is 0 Å². The molecule has 0 unspecified atom stereocenters. The van der Waals surface area contributed by atoms with Crippen molar-refractivity contribution in [2.75, 3.05) is 11.9 Å². The van der Waals surface area contributed by atoms with E-state index in [9.17, 15) is 0 Å². The summed E-state index contributed by atoms with van der Waals surface area (Å²) in [6.45, 7) is 5.15. The summed E-state index contributed by atoms with van der Waals surface area (Å²) >= 11 is 1.78. The summed E-state index contributed by atoms with van der Waals surface area (Å²) in [4.78, 5) is 7.30. The van der Waals surface area contributed by atoms with Gasteiger partial charge in [-0.25, -0.2) is 4.98 Å². The summed E-state index contributed by atoms with van der Waals surface area (Å²) in [7, 11) is 0. The summed E-state index contributed by atoms with van der Waals surface area (Å²) in [5.41, 5.74) is 2.59. The molecule has 21 heavy (non-hydrogen) atoms. The van der Waals surface area contributed by atoms with Crippen LogP contribution in [0.1, 0.15) is 37.4 Å². The number of anilines is 1. The molecule has 0 radical (unpaired) electrons. The van der Waals surface area contributed by atoms with Gasteiger partial charge in [0.25, 0.3) is 0 Å². The number of nitrogens with one attached hydrogen (secondary N) is 1. The smallest absolute Gasteiger partial charge is 0.126 e. The van der Waals surface area contributed by atoms with Crippen LogP contribution in [-0.2, 0) is 13.1 Å². The zero-order valence-electron chi connectivity index (χ0n) is 12.6. The normalized spacial score (nSPS) is 14.6. The highest BCUT2D eigenvalue weighted by Gasteiger charge is 2.29. The van der Waals surface area contributed by atoms with Gasteiger partial charge in [-0.1, -0.05) is 13.0 Å². The first kappa shape index (κ1) is 14.5. The van der Waals surface area contributed by atoms with E-state index in [0.29, 0.717) is 0 Å². The molecule has 0 saturated heterocycles. The van der Waals surface area contributed by atoms with Crippen molar-refractivity contribution in [2.24, 2.45) is 0 Å². The Labute approximate surface area is 131 Å². The fourth-order valence-corrected chi connectivity index (χ4v) is 3.16. The fourth-order valence-electron chi connectivity index (χ4n) is 2.50. The van der Waals surface area contributed by atoms with E-state index in [1.54, 1.807) is 11.3 Å². The predicted octanol–water partition coefficient (Wildman–Crippen LogP) is 4.13. The molecule has 2 aromatic rings. The van der Waals surface area contributed by atoms with E-state index in [0.717, 1.165) is 37.9 Å². The van der Waals surface area contributed by atoms with Crippen LogP contribution in [0.5, 0.6) is 0 Å². The number of hydrogen-bond acceptors (Lipinski definition) is 4. The van der Waals surface area contributed by atoms with Crippen molar-refractivity contribution in [3.05, 3.63) is 46.3 Å². The van der Waals surface area contributed by atoms with Crippen molar-refractivity contribution in [1.82, 2.24) is 9.88 Å². The van der Waals surface area contributed by atoms with Crippen LogP contribution < -0.4 is 5.32 Å². The molecule has 0 aromatic carbocycles. The van der Waals surface area contributed by atoms with Crippen LogP contribution in [0.15, 0.2) is 35.0 Å². The Morgan fingerprint density at radius 1 is 1.29 bits per heavy atom. The second kappa shape index (κ2) is 7.05. The van der Waals surface area contributed by atoms with Crippen molar-refractivity contribution < 1.29 is 0 Å². The van der Waals surface area contributed by atoms with Gasteiger partial charge in [0, 0.05) is 25.7 Å². The minimum absolute atomic E-state index is 0.749. The molecule has 1 saturated carbocycles.